The van der Waals surface area contributed by atoms with Crippen LogP contribution >= 0.6 is 11.6 Å². The van der Waals surface area contributed by atoms with Crippen LogP contribution in [0.3, 0.4) is 0 Å². The van der Waals surface area contributed by atoms with Gasteiger partial charge in [0.05, 0.1) is 23.9 Å². The predicted molar refractivity (Wildman–Crippen MR) is 126 cm³/mol. The molecule has 0 saturated carbocycles. The largest absolute Gasteiger partial charge is 0.339 e. The van der Waals surface area contributed by atoms with E-state index in [1.54, 1.807) is 24.3 Å². The van der Waals surface area contributed by atoms with Crippen LogP contribution in [-0.2, 0) is 11.2 Å². The number of fused-ring (bicyclic) bond motifs is 1. The van der Waals surface area contributed by atoms with E-state index in [4.69, 9.17) is 16.1 Å². The molecule has 3 heterocycles. The van der Waals surface area contributed by atoms with Gasteiger partial charge in [-0.1, -0.05) is 28.9 Å². The minimum absolute atomic E-state index is 0.174. The number of nitrogens with one attached hydrogen (secondary N) is 2. The summed E-state index contributed by atoms with van der Waals surface area (Å²) in [5, 5.41) is 12.2. The molecule has 0 aliphatic rings. The molecule has 0 unspecified atom stereocenters. The summed E-state index contributed by atoms with van der Waals surface area (Å²) in [4.78, 5) is 35.7. The topological polar surface area (TPSA) is 132 Å². The van der Waals surface area contributed by atoms with E-state index >= 15 is 0 Å². The number of aryl methyl sites for hydroxylation is 1. The lowest BCUT2D eigenvalue weighted by molar-refractivity contribution is -0.116. The Kier molecular flexibility index (Phi) is 5.88. The molecule has 2 N–H and O–H groups in total. The molecule has 0 spiro atoms. The van der Waals surface area contributed by atoms with Gasteiger partial charge in [0.25, 0.3) is 5.56 Å². The smallest absolute Gasteiger partial charge is 0.261 e. The monoisotopic (exact) mass is 475 g/mol. The van der Waals surface area contributed by atoms with Crippen LogP contribution < -0.4 is 10.9 Å². The summed E-state index contributed by atoms with van der Waals surface area (Å²) in [6.07, 6.45) is 4.01. The summed E-state index contributed by atoms with van der Waals surface area (Å²) in [7, 11) is 0. The molecular weight excluding hydrogens is 458 g/mol. The average molecular weight is 476 g/mol. The molecule has 5 rings (SSSR count). The number of nitrogens with zero attached hydrogens (tertiary/aromatic N) is 5. The molecule has 0 aliphatic carbocycles. The van der Waals surface area contributed by atoms with Gasteiger partial charge in [-0.25, -0.2) is 9.67 Å². The number of carbonyl (C=O) groups is 1. The molecule has 0 atom stereocenters. The van der Waals surface area contributed by atoms with Crippen molar-refractivity contribution < 1.29 is 9.32 Å². The molecule has 170 valence electrons. The summed E-state index contributed by atoms with van der Waals surface area (Å²) in [6, 6.07) is 14.3. The minimum atomic E-state index is -0.280. The van der Waals surface area contributed by atoms with Gasteiger partial charge in [0.2, 0.25) is 17.6 Å². The van der Waals surface area contributed by atoms with Crippen molar-refractivity contribution >= 4 is 34.2 Å². The zero-order valence-electron chi connectivity index (χ0n) is 17.7. The third-order valence-corrected chi connectivity index (χ3v) is 5.39. The van der Waals surface area contributed by atoms with Crippen molar-refractivity contribution in [2.45, 2.75) is 19.3 Å². The van der Waals surface area contributed by atoms with E-state index in [-0.39, 0.29) is 17.9 Å². The summed E-state index contributed by atoms with van der Waals surface area (Å²) < 4.78 is 6.82. The van der Waals surface area contributed by atoms with E-state index in [9.17, 15) is 9.59 Å². The van der Waals surface area contributed by atoms with Crippen molar-refractivity contribution in [3.05, 3.63) is 82.3 Å². The first kappa shape index (κ1) is 21.5. The van der Waals surface area contributed by atoms with Crippen LogP contribution in [0.1, 0.15) is 18.7 Å². The summed E-state index contributed by atoms with van der Waals surface area (Å²) in [5.41, 5.74) is 2.09. The molecular formula is C23H18ClN7O3. The number of anilines is 1. The van der Waals surface area contributed by atoms with Gasteiger partial charge in [-0.05, 0) is 42.8 Å². The SMILES string of the molecule is O=C(CCCc1nc(-c2ccc(Cl)cc2)no1)Nc1ccccc1-n1ncc2c(=O)[nH]cnc21. The van der Waals surface area contributed by atoms with Gasteiger partial charge < -0.3 is 14.8 Å². The highest BCUT2D eigenvalue weighted by molar-refractivity contribution is 6.30. The molecule has 34 heavy (non-hydrogen) atoms. The number of aromatic amines is 1. The quantitative estimate of drug-likeness (QED) is 0.366. The molecule has 11 heteroatoms. The summed E-state index contributed by atoms with van der Waals surface area (Å²) >= 11 is 5.91. The Balaban J connectivity index is 1.23. The standard InChI is InChI=1S/C23H18ClN7O3/c24-15-10-8-14(9-11-15)21-29-20(34-30-21)7-3-6-19(32)28-17-4-1-2-5-18(17)31-22-16(12-27-31)23(33)26-13-25-22/h1-2,4-5,8-13H,3,6-7H2,(H,28,32)(H,25,26,33). The average Bonchev–Trinajstić information content (AvgIpc) is 3.48. The molecule has 1 amide bonds. The van der Waals surface area contributed by atoms with E-state index in [2.05, 4.69) is 30.5 Å². The highest BCUT2D eigenvalue weighted by Gasteiger charge is 2.14. The number of hydrogen-bond donors (Lipinski definition) is 2. The van der Waals surface area contributed by atoms with Crippen LogP contribution in [0.2, 0.25) is 5.02 Å². The third-order valence-electron chi connectivity index (χ3n) is 5.14. The van der Waals surface area contributed by atoms with Crippen LogP contribution in [0.5, 0.6) is 0 Å². The summed E-state index contributed by atoms with van der Waals surface area (Å²) in [6.45, 7) is 0. The van der Waals surface area contributed by atoms with Gasteiger partial charge in [-0.15, -0.1) is 0 Å². The Morgan fingerprint density at radius 1 is 1.15 bits per heavy atom. The molecule has 0 saturated heterocycles. The van der Waals surface area contributed by atoms with Gasteiger partial charge in [0, 0.05) is 23.4 Å². The lowest BCUT2D eigenvalue weighted by Gasteiger charge is -2.11. The summed E-state index contributed by atoms with van der Waals surface area (Å²) in [5.74, 6) is 0.758. The molecule has 0 aliphatic heterocycles. The maximum atomic E-state index is 12.6. The van der Waals surface area contributed by atoms with Crippen molar-refractivity contribution in [3.8, 4) is 17.1 Å². The normalized spacial score (nSPS) is 11.1. The first-order valence-electron chi connectivity index (χ1n) is 10.5. The maximum Gasteiger partial charge on any atom is 0.261 e. The minimum Gasteiger partial charge on any atom is -0.339 e. The Morgan fingerprint density at radius 2 is 1.97 bits per heavy atom. The second-order valence-corrected chi connectivity index (χ2v) is 7.90. The van der Waals surface area contributed by atoms with E-state index in [0.717, 1.165) is 5.56 Å². The lowest BCUT2D eigenvalue weighted by atomic mass is 10.2. The van der Waals surface area contributed by atoms with Gasteiger partial charge >= 0.3 is 0 Å². The van der Waals surface area contributed by atoms with Crippen molar-refractivity contribution in [2.75, 3.05) is 5.32 Å². The first-order valence-corrected chi connectivity index (χ1v) is 10.9. The Hall–Kier alpha value is -4.31. The number of hydrogen-bond acceptors (Lipinski definition) is 7. The third kappa shape index (κ3) is 4.44. The number of amides is 1. The number of para-hydroxylation sites is 2. The molecule has 0 fully saturated rings. The second-order valence-electron chi connectivity index (χ2n) is 7.46. The zero-order valence-corrected chi connectivity index (χ0v) is 18.5. The van der Waals surface area contributed by atoms with E-state index in [0.29, 0.717) is 52.0 Å². The fraction of sp³-hybridized carbons (Fsp3) is 0.130. The van der Waals surface area contributed by atoms with Crippen LogP contribution in [0.15, 0.2) is 70.4 Å². The van der Waals surface area contributed by atoms with E-state index in [1.165, 1.54) is 17.2 Å². The zero-order chi connectivity index (χ0) is 23.5. The number of rotatable bonds is 7. The number of benzene rings is 2. The molecule has 3 aromatic heterocycles. The fourth-order valence-electron chi connectivity index (χ4n) is 3.48. The Labute approximate surface area is 197 Å². The Morgan fingerprint density at radius 3 is 2.82 bits per heavy atom. The molecule has 10 nitrogen and oxygen atoms in total. The maximum absolute atomic E-state index is 12.6. The number of aromatic nitrogens is 6. The Bertz CT molecular complexity index is 1520. The molecule has 2 aromatic carbocycles. The van der Waals surface area contributed by atoms with Crippen LogP contribution in [0.25, 0.3) is 28.1 Å². The lowest BCUT2D eigenvalue weighted by Crippen LogP contribution is -2.14. The first-order chi connectivity index (χ1) is 16.6. The van der Waals surface area contributed by atoms with Crippen LogP contribution in [0.4, 0.5) is 5.69 Å². The van der Waals surface area contributed by atoms with Crippen molar-refractivity contribution in [3.63, 3.8) is 0 Å². The van der Waals surface area contributed by atoms with Crippen molar-refractivity contribution in [1.29, 1.82) is 0 Å². The van der Waals surface area contributed by atoms with E-state index in [1.807, 2.05) is 24.3 Å². The molecule has 0 bridgehead atoms. The fourth-order valence-corrected chi connectivity index (χ4v) is 3.61. The number of halogens is 1. The van der Waals surface area contributed by atoms with Crippen molar-refractivity contribution in [2.24, 2.45) is 0 Å². The van der Waals surface area contributed by atoms with E-state index < -0.39 is 0 Å². The van der Waals surface area contributed by atoms with Gasteiger partial charge in [0.1, 0.15) is 5.39 Å². The van der Waals surface area contributed by atoms with Gasteiger partial charge in [0.15, 0.2) is 5.65 Å². The number of carbonyl (C=O) groups excluding carboxylic acids is 1. The number of H-pyrrole nitrogens is 1. The molecule has 5 aromatic rings. The van der Waals surface area contributed by atoms with Gasteiger partial charge in [-0.3, -0.25) is 9.59 Å². The highest BCUT2D eigenvalue weighted by atomic mass is 35.5. The second kappa shape index (κ2) is 9.28. The predicted octanol–water partition coefficient (Wildman–Crippen LogP) is 3.77. The van der Waals surface area contributed by atoms with Crippen molar-refractivity contribution in [1.82, 2.24) is 29.9 Å². The highest BCUT2D eigenvalue weighted by Crippen LogP contribution is 2.23. The van der Waals surface area contributed by atoms with Crippen LogP contribution in [0, 0.1) is 0 Å². The van der Waals surface area contributed by atoms with Gasteiger partial charge in [-0.2, -0.15) is 10.1 Å². The van der Waals surface area contributed by atoms with Crippen LogP contribution in [-0.4, -0.2) is 35.8 Å². The molecule has 0 radical (unpaired) electrons.